The normalized spacial score (nSPS) is 10.5. The van der Waals surface area contributed by atoms with Crippen LogP contribution in [-0.4, -0.2) is 32.7 Å². The maximum atomic E-state index is 13.1. The molecule has 0 aliphatic rings. The van der Waals surface area contributed by atoms with Crippen molar-refractivity contribution in [2.45, 2.75) is 13.8 Å². The summed E-state index contributed by atoms with van der Waals surface area (Å²) in [5.74, 6) is 0.00109. The van der Waals surface area contributed by atoms with Gasteiger partial charge in [-0.05, 0) is 60.2 Å². The summed E-state index contributed by atoms with van der Waals surface area (Å²) >= 11 is 0. The van der Waals surface area contributed by atoms with E-state index in [1.165, 1.54) is 12.1 Å². The number of hydrogen-bond acceptors (Lipinski definition) is 5. The Morgan fingerprint density at radius 1 is 1.16 bits per heavy atom. The van der Waals surface area contributed by atoms with Crippen LogP contribution in [0.4, 0.5) is 15.8 Å². The number of carbonyl (C=O) groups is 1. The molecule has 0 saturated heterocycles. The first-order valence-corrected chi connectivity index (χ1v) is 7.68. The highest BCUT2D eigenvalue weighted by atomic mass is 19.1. The Balaban J connectivity index is 1.67. The van der Waals surface area contributed by atoms with Crippen molar-refractivity contribution >= 4 is 17.3 Å². The lowest BCUT2D eigenvalue weighted by atomic mass is 10.2. The van der Waals surface area contributed by atoms with E-state index in [0.29, 0.717) is 11.5 Å². The minimum atomic E-state index is -0.397. The average Bonchev–Trinajstić information content (AvgIpc) is 3.00. The Bertz CT molecular complexity index is 908. The third-order valence-electron chi connectivity index (χ3n) is 3.62. The number of aromatic nitrogens is 4. The number of nitrogens with zero attached hydrogens (tertiary/aromatic N) is 4. The summed E-state index contributed by atoms with van der Waals surface area (Å²) in [6, 6.07) is 11.4. The standard InChI is InChI=1S/C17H17FN6O/c1-11-6-7-14(9-16(11)24-12(2)21-22-23-24)19-10-17(25)20-15-5-3-4-13(18)8-15/h3-9,19H,10H2,1-2H3,(H,20,25). The number of benzene rings is 2. The quantitative estimate of drug-likeness (QED) is 0.745. The first kappa shape index (κ1) is 16.6. The van der Waals surface area contributed by atoms with E-state index in [9.17, 15) is 9.18 Å². The van der Waals surface area contributed by atoms with E-state index in [1.807, 2.05) is 32.0 Å². The molecule has 0 radical (unpaired) electrons. The second-order valence-electron chi connectivity index (χ2n) is 5.55. The van der Waals surface area contributed by atoms with Crippen molar-refractivity contribution in [2.24, 2.45) is 0 Å². The Morgan fingerprint density at radius 3 is 2.72 bits per heavy atom. The summed E-state index contributed by atoms with van der Waals surface area (Å²) in [6.45, 7) is 3.82. The van der Waals surface area contributed by atoms with E-state index < -0.39 is 5.82 Å². The lowest BCUT2D eigenvalue weighted by Gasteiger charge is -2.11. The van der Waals surface area contributed by atoms with E-state index in [0.717, 1.165) is 16.9 Å². The number of anilines is 2. The minimum Gasteiger partial charge on any atom is -0.376 e. The summed E-state index contributed by atoms with van der Waals surface area (Å²) in [7, 11) is 0. The number of tetrazole rings is 1. The number of nitrogens with one attached hydrogen (secondary N) is 2. The fourth-order valence-corrected chi connectivity index (χ4v) is 2.36. The molecule has 1 amide bonds. The van der Waals surface area contributed by atoms with Crippen molar-refractivity contribution in [1.82, 2.24) is 20.2 Å². The van der Waals surface area contributed by atoms with Crippen LogP contribution < -0.4 is 10.6 Å². The second-order valence-corrected chi connectivity index (χ2v) is 5.55. The maximum absolute atomic E-state index is 13.1. The van der Waals surface area contributed by atoms with E-state index in [-0.39, 0.29) is 12.5 Å². The second kappa shape index (κ2) is 7.08. The van der Waals surface area contributed by atoms with Gasteiger partial charge >= 0.3 is 0 Å². The van der Waals surface area contributed by atoms with Gasteiger partial charge in [0, 0.05) is 11.4 Å². The summed E-state index contributed by atoms with van der Waals surface area (Å²) in [4.78, 5) is 12.0. The SMILES string of the molecule is Cc1ccc(NCC(=O)Nc2cccc(F)c2)cc1-n1nnnc1C. The summed E-state index contributed by atoms with van der Waals surface area (Å²) in [6.07, 6.45) is 0. The molecule has 0 unspecified atom stereocenters. The Morgan fingerprint density at radius 2 is 2.00 bits per heavy atom. The van der Waals surface area contributed by atoms with E-state index >= 15 is 0 Å². The first-order valence-electron chi connectivity index (χ1n) is 7.68. The van der Waals surface area contributed by atoms with Crippen LogP contribution in [-0.2, 0) is 4.79 Å². The molecule has 25 heavy (non-hydrogen) atoms. The Hall–Kier alpha value is -3.29. The van der Waals surface area contributed by atoms with Crippen LogP contribution in [0.15, 0.2) is 42.5 Å². The molecule has 1 aromatic heterocycles. The lowest BCUT2D eigenvalue weighted by molar-refractivity contribution is -0.114. The Kier molecular flexibility index (Phi) is 4.69. The molecular formula is C17H17FN6O. The lowest BCUT2D eigenvalue weighted by Crippen LogP contribution is -2.21. The largest absolute Gasteiger partial charge is 0.376 e. The predicted octanol–water partition coefficient (Wildman–Crippen LogP) is 2.47. The fourth-order valence-electron chi connectivity index (χ4n) is 2.36. The molecule has 7 nitrogen and oxygen atoms in total. The van der Waals surface area contributed by atoms with E-state index in [1.54, 1.807) is 16.8 Å². The molecule has 0 aliphatic carbocycles. The third kappa shape index (κ3) is 3.97. The monoisotopic (exact) mass is 340 g/mol. The van der Waals surface area contributed by atoms with Crippen LogP contribution in [0, 0.1) is 19.7 Å². The van der Waals surface area contributed by atoms with Gasteiger partial charge in [-0.1, -0.05) is 12.1 Å². The molecule has 0 fully saturated rings. The van der Waals surface area contributed by atoms with Gasteiger partial charge in [-0.2, -0.15) is 4.68 Å². The van der Waals surface area contributed by atoms with Gasteiger partial charge in [-0.25, -0.2) is 4.39 Å². The van der Waals surface area contributed by atoms with Gasteiger partial charge in [-0.3, -0.25) is 4.79 Å². The molecular weight excluding hydrogens is 323 g/mol. The molecule has 3 rings (SSSR count). The highest BCUT2D eigenvalue weighted by molar-refractivity contribution is 5.93. The van der Waals surface area contributed by atoms with Crippen molar-refractivity contribution in [3.8, 4) is 5.69 Å². The zero-order valence-corrected chi connectivity index (χ0v) is 13.8. The number of amides is 1. The van der Waals surface area contributed by atoms with Gasteiger partial charge in [0.2, 0.25) is 5.91 Å². The highest BCUT2D eigenvalue weighted by Crippen LogP contribution is 2.19. The number of rotatable bonds is 5. The van der Waals surface area contributed by atoms with Gasteiger partial charge in [0.15, 0.2) is 5.82 Å². The smallest absolute Gasteiger partial charge is 0.243 e. The number of carbonyl (C=O) groups excluding carboxylic acids is 1. The molecule has 1 heterocycles. The summed E-state index contributed by atoms with van der Waals surface area (Å²) in [5, 5.41) is 17.2. The van der Waals surface area contributed by atoms with Crippen molar-refractivity contribution in [3.63, 3.8) is 0 Å². The van der Waals surface area contributed by atoms with Gasteiger partial charge < -0.3 is 10.6 Å². The zero-order valence-electron chi connectivity index (χ0n) is 13.8. The predicted molar refractivity (Wildman–Crippen MR) is 92.1 cm³/mol. The number of hydrogen-bond donors (Lipinski definition) is 2. The van der Waals surface area contributed by atoms with Crippen LogP contribution >= 0.6 is 0 Å². The Labute approximate surface area is 143 Å². The van der Waals surface area contributed by atoms with Crippen LogP contribution in [0.3, 0.4) is 0 Å². The van der Waals surface area contributed by atoms with Crippen molar-refractivity contribution < 1.29 is 9.18 Å². The van der Waals surface area contributed by atoms with Gasteiger partial charge in [0.1, 0.15) is 5.82 Å². The minimum absolute atomic E-state index is 0.0492. The summed E-state index contributed by atoms with van der Waals surface area (Å²) in [5.41, 5.74) is 3.01. The van der Waals surface area contributed by atoms with Crippen molar-refractivity contribution in [1.29, 1.82) is 0 Å². The maximum Gasteiger partial charge on any atom is 0.243 e. The highest BCUT2D eigenvalue weighted by Gasteiger charge is 2.09. The molecule has 0 atom stereocenters. The molecule has 0 saturated carbocycles. The van der Waals surface area contributed by atoms with Gasteiger partial charge in [0.25, 0.3) is 0 Å². The molecule has 3 aromatic rings. The van der Waals surface area contributed by atoms with Crippen LogP contribution in [0.2, 0.25) is 0 Å². The summed E-state index contributed by atoms with van der Waals surface area (Å²) < 4.78 is 14.8. The molecule has 0 spiro atoms. The van der Waals surface area contributed by atoms with Crippen molar-refractivity contribution in [2.75, 3.05) is 17.2 Å². The van der Waals surface area contributed by atoms with Crippen LogP contribution in [0.5, 0.6) is 0 Å². The first-order chi connectivity index (χ1) is 12.0. The molecule has 0 bridgehead atoms. The van der Waals surface area contributed by atoms with Gasteiger partial charge in [0.05, 0.1) is 12.2 Å². The molecule has 2 N–H and O–H groups in total. The average molecular weight is 340 g/mol. The molecule has 0 aliphatic heterocycles. The molecule has 2 aromatic carbocycles. The molecule has 128 valence electrons. The number of halogens is 1. The van der Waals surface area contributed by atoms with E-state index in [4.69, 9.17) is 0 Å². The van der Waals surface area contributed by atoms with E-state index in [2.05, 4.69) is 26.2 Å². The third-order valence-corrected chi connectivity index (χ3v) is 3.62. The topological polar surface area (TPSA) is 84.7 Å². The molecule has 8 heteroatoms. The van der Waals surface area contributed by atoms with Crippen LogP contribution in [0.25, 0.3) is 5.69 Å². The van der Waals surface area contributed by atoms with Gasteiger partial charge in [-0.15, -0.1) is 5.10 Å². The zero-order chi connectivity index (χ0) is 17.8. The van der Waals surface area contributed by atoms with Crippen LogP contribution in [0.1, 0.15) is 11.4 Å². The fraction of sp³-hybridized carbons (Fsp3) is 0.176. The number of aryl methyl sites for hydroxylation is 2. The van der Waals surface area contributed by atoms with Crippen molar-refractivity contribution in [3.05, 3.63) is 59.7 Å².